The predicted octanol–water partition coefficient (Wildman–Crippen LogP) is 3.93. The maximum atomic E-state index is 12.0. The second kappa shape index (κ2) is 8.47. The third-order valence-corrected chi connectivity index (χ3v) is 6.02. The summed E-state index contributed by atoms with van der Waals surface area (Å²) in [5, 5.41) is 13.5. The van der Waals surface area contributed by atoms with Gasteiger partial charge in [0.15, 0.2) is 0 Å². The highest BCUT2D eigenvalue weighted by atomic mass is 32.1. The molecule has 0 radical (unpaired) electrons. The van der Waals surface area contributed by atoms with E-state index in [0.717, 1.165) is 12.0 Å². The largest absolute Gasteiger partial charge is 0.337 e. The zero-order chi connectivity index (χ0) is 17.6. The lowest BCUT2D eigenvalue weighted by Gasteiger charge is -2.24. The van der Waals surface area contributed by atoms with Gasteiger partial charge in [0.05, 0.1) is 0 Å². The number of rotatable bonds is 7. The average Bonchev–Trinajstić information content (AvgIpc) is 3.26. The quantitative estimate of drug-likeness (QED) is 0.659. The molecule has 2 heterocycles. The van der Waals surface area contributed by atoms with Crippen molar-refractivity contribution in [1.82, 2.24) is 15.5 Å². The third-order valence-electron chi connectivity index (χ3n) is 4.28. The molecule has 0 aliphatic heterocycles. The van der Waals surface area contributed by atoms with Crippen LogP contribution in [0.1, 0.15) is 11.1 Å². The Bertz CT molecular complexity index is 811. The van der Waals surface area contributed by atoms with E-state index in [9.17, 15) is 4.79 Å². The first-order valence-corrected chi connectivity index (χ1v) is 10.1. The van der Waals surface area contributed by atoms with E-state index < -0.39 is 0 Å². The van der Waals surface area contributed by atoms with Crippen molar-refractivity contribution in [3.8, 4) is 0 Å². The molecular weight excluding hydrogens is 350 g/mol. The highest BCUT2D eigenvalue weighted by molar-refractivity contribution is 7.17. The van der Waals surface area contributed by atoms with E-state index in [1.165, 1.54) is 15.6 Å². The molecule has 2 aromatic heterocycles. The molecule has 3 aromatic rings. The number of nitrogens with one attached hydrogen (secondary N) is 2. The number of amides is 2. The minimum absolute atomic E-state index is 0.117. The molecule has 0 bridgehead atoms. The SMILES string of the molecule is CN(C)C(CNC(=O)NCc1ccsc1)Cc1csc2ccccc12. The number of urea groups is 1. The zero-order valence-electron chi connectivity index (χ0n) is 14.5. The number of hydrogen-bond donors (Lipinski definition) is 2. The van der Waals surface area contributed by atoms with Crippen LogP contribution in [0.4, 0.5) is 4.79 Å². The van der Waals surface area contributed by atoms with Gasteiger partial charge < -0.3 is 15.5 Å². The van der Waals surface area contributed by atoms with E-state index >= 15 is 0 Å². The fourth-order valence-corrected chi connectivity index (χ4v) is 4.37. The molecule has 2 amide bonds. The van der Waals surface area contributed by atoms with Gasteiger partial charge in [-0.3, -0.25) is 0 Å². The smallest absolute Gasteiger partial charge is 0.315 e. The zero-order valence-corrected chi connectivity index (χ0v) is 16.1. The van der Waals surface area contributed by atoms with Gasteiger partial charge in [-0.2, -0.15) is 11.3 Å². The number of thiophene rings is 2. The van der Waals surface area contributed by atoms with Crippen LogP contribution in [-0.2, 0) is 13.0 Å². The van der Waals surface area contributed by atoms with Gasteiger partial charge in [-0.15, -0.1) is 11.3 Å². The Morgan fingerprint density at radius 1 is 1.16 bits per heavy atom. The minimum Gasteiger partial charge on any atom is -0.337 e. The monoisotopic (exact) mass is 373 g/mol. The number of likely N-dealkylation sites (N-methyl/N-ethyl adjacent to an activating group) is 1. The van der Waals surface area contributed by atoms with Crippen LogP contribution in [0.15, 0.2) is 46.5 Å². The molecular formula is C19H23N3OS2. The number of carbonyl (C=O) groups excluding carboxylic acids is 1. The molecule has 132 valence electrons. The summed E-state index contributed by atoms with van der Waals surface area (Å²) in [7, 11) is 4.12. The lowest BCUT2D eigenvalue weighted by molar-refractivity contribution is 0.231. The third kappa shape index (κ3) is 4.81. The van der Waals surface area contributed by atoms with Gasteiger partial charge in [-0.25, -0.2) is 4.79 Å². The van der Waals surface area contributed by atoms with E-state index in [1.807, 2.05) is 16.8 Å². The van der Waals surface area contributed by atoms with Crippen LogP contribution < -0.4 is 10.6 Å². The molecule has 2 N–H and O–H groups in total. The number of nitrogens with zero attached hydrogens (tertiary/aromatic N) is 1. The highest BCUT2D eigenvalue weighted by Gasteiger charge is 2.16. The second-order valence-corrected chi connectivity index (χ2v) is 7.97. The van der Waals surface area contributed by atoms with Gasteiger partial charge in [-0.05, 0) is 65.3 Å². The fraction of sp³-hybridized carbons (Fsp3) is 0.316. The normalized spacial score (nSPS) is 12.4. The molecule has 6 heteroatoms. The Morgan fingerprint density at radius 3 is 2.76 bits per heavy atom. The van der Waals surface area contributed by atoms with Crippen molar-refractivity contribution in [2.24, 2.45) is 0 Å². The second-order valence-electron chi connectivity index (χ2n) is 6.27. The summed E-state index contributed by atoms with van der Waals surface area (Å²) >= 11 is 3.42. The Hall–Kier alpha value is -1.89. The van der Waals surface area contributed by atoms with Gasteiger partial charge in [0.2, 0.25) is 0 Å². The van der Waals surface area contributed by atoms with Gasteiger partial charge in [0, 0.05) is 23.8 Å². The van der Waals surface area contributed by atoms with Gasteiger partial charge >= 0.3 is 6.03 Å². The molecule has 3 rings (SSSR count). The van der Waals surface area contributed by atoms with Crippen molar-refractivity contribution in [2.75, 3.05) is 20.6 Å². The fourth-order valence-electron chi connectivity index (χ4n) is 2.73. The summed E-state index contributed by atoms with van der Waals surface area (Å²) in [5.74, 6) is 0. The van der Waals surface area contributed by atoms with Crippen LogP contribution in [0.5, 0.6) is 0 Å². The molecule has 25 heavy (non-hydrogen) atoms. The van der Waals surface area contributed by atoms with E-state index in [0.29, 0.717) is 13.1 Å². The lowest BCUT2D eigenvalue weighted by atomic mass is 10.0. The van der Waals surface area contributed by atoms with E-state index in [1.54, 1.807) is 22.7 Å². The first-order chi connectivity index (χ1) is 12.1. The predicted molar refractivity (Wildman–Crippen MR) is 108 cm³/mol. The van der Waals surface area contributed by atoms with Gasteiger partial charge in [-0.1, -0.05) is 18.2 Å². The number of benzene rings is 1. The van der Waals surface area contributed by atoms with E-state index in [2.05, 4.69) is 59.3 Å². The lowest BCUT2D eigenvalue weighted by Crippen LogP contribution is -2.44. The van der Waals surface area contributed by atoms with Crippen LogP contribution >= 0.6 is 22.7 Å². The van der Waals surface area contributed by atoms with Crippen molar-refractivity contribution in [3.05, 3.63) is 57.6 Å². The van der Waals surface area contributed by atoms with Crippen molar-refractivity contribution in [3.63, 3.8) is 0 Å². The molecule has 1 unspecified atom stereocenters. The molecule has 0 spiro atoms. The summed E-state index contributed by atoms with van der Waals surface area (Å²) < 4.78 is 1.32. The van der Waals surface area contributed by atoms with Crippen molar-refractivity contribution in [2.45, 2.75) is 19.0 Å². The Balaban J connectivity index is 1.55. The Labute approximate surface area is 156 Å². The van der Waals surface area contributed by atoms with Gasteiger partial charge in [0.1, 0.15) is 0 Å². The maximum absolute atomic E-state index is 12.0. The first kappa shape index (κ1) is 17.9. The molecule has 4 nitrogen and oxygen atoms in total. The molecule has 0 saturated carbocycles. The highest BCUT2D eigenvalue weighted by Crippen LogP contribution is 2.27. The molecule has 1 atom stereocenters. The molecule has 0 aliphatic carbocycles. The maximum Gasteiger partial charge on any atom is 0.315 e. The van der Waals surface area contributed by atoms with Gasteiger partial charge in [0.25, 0.3) is 0 Å². The Morgan fingerprint density at radius 2 is 2.00 bits per heavy atom. The van der Waals surface area contributed by atoms with Crippen LogP contribution in [-0.4, -0.2) is 37.6 Å². The summed E-state index contributed by atoms with van der Waals surface area (Å²) in [6.45, 7) is 1.18. The summed E-state index contributed by atoms with van der Waals surface area (Å²) in [6, 6.07) is 10.7. The van der Waals surface area contributed by atoms with Crippen molar-refractivity contribution < 1.29 is 4.79 Å². The summed E-state index contributed by atoms with van der Waals surface area (Å²) in [6.07, 6.45) is 0.918. The van der Waals surface area contributed by atoms with Crippen molar-refractivity contribution >= 4 is 38.8 Å². The molecule has 0 fully saturated rings. The Kier molecular flexibility index (Phi) is 6.07. The van der Waals surface area contributed by atoms with Crippen LogP contribution in [0.25, 0.3) is 10.1 Å². The summed E-state index contributed by atoms with van der Waals surface area (Å²) in [4.78, 5) is 14.2. The van der Waals surface area contributed by atoms with Crippen LogP contribution in [0.3, 0.4) is 0 Å². The summed E-state index contributed by atoms with van der Waals surface area (Å²) in [5.41, 5.74) is 2.48. The first-order valence-electron chi connectivity index (χ1n) is 8.28. The number of fused-ring (bicyclic) bond motifs is 1. The molecule has 0 aliphatic rings. The minimum atomic E-state index is -0.117. The van der Waals surface area contributed by atoms with Crippen LogP contribution in [0, 0.1) is 0 Å². The number of carbonyl (C=O) groups is 1. The van der Waals surface area contributed by atoms with E-state index in [4.69, 9.17) is 0 Å². The topological polar surface area (TPSA) is 44.4 Å². The number of hydrogen-bond acceptors (Lipinski definition) is 4. The standard InChI is InChI=1S/C19H23N3OS2/c1-22(2)16(9-15-13-25-18-6-4-3-5-17(15)18)11-21-19(23)20-10-14-7-8-24-12-14/h3-8,12-13,16H,9-11H2,1-2H3,(H2,20,21,23). The molecule has 1 aromatic carbocycles. The van der Waals surface area contributed by atoms with Crippen molar-refractivity contribution in [1.29, 1.82) is 0 Å². The van der Waals surface area contributed by atoms with E-state index in [-0.39, 0.29) is 12.1 Å². The molecule has 0 saturated heterocycles. The van der Waals surface area contributed by atoms with Crippen LogP contribution in [0.2, 0.25) is 0 Å². The average molecular weight is 374 g/mol.